The molecule has 3 aromatic carbocycles. The van der Waals surface area contributed by atoms with Gasteiger partial charge >= 0.3 is 6.18 Å². The van der Waals surface area contributed by atoms with Crippen LogP contribution in [0.1, 0.15) is 5.56 Å². The molecule has 0 radical (unpaired) electrons. The lowest BCUT2D eigenvalue weighted by Gasteiger charge is -2.37. The molecule has 9 heteroatoms. The van der Waals surface area contributed by atoms with E-state index >= 15 is 0 Å². The van der Waals surface area contributed by atoms with E-state index in [0.29, 0.717) is 24.4 Å². The van der Waals surface area contributed by atoms with E-state index in [-0.39, 0.29) is 0 Å². The van der Waals surface area contributed by atoms with Gasteiger partial charge in [-0.05, 0) is 35.9 Å². The van der Waals surface area contributed by atoms with Gasteiger partial charge in [0.15, 0.2) is 5.65 Å². The molecule has 1 aliphatic heterocycles. The highest BCUT2D eigenvalue weighted by Crippen LogP contribution is 2.38. The van der Waals surface area contributed by atoms with Gasteiger partial charge in [0.1, 0.15) is 12.1 Å². The van der Waals surface area contributed by atoms with Crippen LogP contribution in [0.3, 0.4) is 0 Å². The van der Waals surface area contributed by atoms with Gasteiger partial charge < -0.3 is 14.4 Å². The molecular weight excluding hydrogens is 511 g/mol. The summed E-state index contributed by atoms with van der Waals surface area (Å²) >= 11 is 6.43. The summed E-state index contributed by atoms with van der Waals surface area (Å²) in [5, 5.41) is 1.53. The second-order valence-electron chi connectivity index (χ2n) is 9.15. The number of hydrogen-bond acceptors (Lipinski definition) is 4. The van der Waals surface area contributed by atoms with Crippen molar-refractivity contribution in [3.05, 3.63) is 102 Å². The molecule has 0 atom stereocenters. The zero-order chi connectivity index (χ0) is 26.3. The fraction of sp³-hybridized carbons (Fsp3) is 0.172. The van der Waals surface area contributed by atoms with E-state index < -0.39 is 11.7 Å². The van der Waals surface area contributed by atoms with Gasteiger partial charge in [-0.25, -0.2) is 9.97 Å². The maximum absolute atomic E-state index is 13.5. The smallest absolute Gasteiger partial charge is 0.367 e. The summed E-state index contributed by atoms with van der Waals surface area (Å²) in [6, 6.07) is 22.9. The number of hydrogen-bond donors (Lipinski definition) is 0. The zero-order valence-electron chi connectivity index (χ0n) is 20.2. The van der Waals surface area contributed by atoms with Gasteiger partial charge in [-0.2, -0.15) is 13.2 Å². The standard InChI is InChI=1S/C29H23ClF3N5/c30-24-11-4-5-12-25(24)36-13-15-37(16-14-36)27-26-23(20-7-2-1-3-8-20)18-38(28(26)35-19-34-27)22-10-6-9-21(17-22)29(31,32)33/h1-12,17-19H,13-16H2. The van der Waals surface area contributed by atoms with Crippen LogP contribution < -0.4 is 9.80 Å². The fourth-order valence-corrected chi connectivity index (χ4v) is 5.27. The van der Waals surface area contributed by atoms with Gasteiger partial charge in [0.25, 0.3) is 0 Å². The first kappa shape index (κ1) is 24.3. The van der Waals surface area contributed by atoms with Crippen LogP contribution in [0, 0.1) is 0 Å². The number of halogens is 4. The van der Waals surface area contributed by atoms with E-state index in [9.17, 15) is 13.2 Å². The first-order valence-corrected chi connectivity index (χ1v) is 12.6. The van der Waals surface area contributed by atoms with E-state index in [0.717, 1.165) is 58.3 Å². The Bertz CT molecular complexity index is 1590. The van der Waals surface area contributed by atoms with Crippen LogP contribution in [0.4, 0.5) is 24.7 Å². The molecule has 5 nitrogen and oxygen atoms in total. The predicted octanol–water partition coefficient (Wildman–Crippen LogP) is 7.09. The van der Waals surface area contributed by atoms with Gasteiger partial charge in [0.2, 0.25) is 0 Å². The lowest BCUT2D eigenvalue weighted by atomic mass is 10.1. The molecule has 0 spiro atoms. The second kappa shape index (κ2) is 9.68. The van der Waals surface area contributed by atoms with Crippen molar-refractivity contribution < 1.29 is 13.2 Å². The van der Waals surface area contributed by atoms with Crippen molar-refractivity contribution in [1.82, 2.24) is 14.5 Å². The minimum Gasteiger partial charge on any atom is -0.367 e. The number of rotatable bonds is 4. The van der Waals surface area contributed by atoms with Crippen molar-refractivity contribution in [2.45, 2.75) is 6.18 Å². The molecule has 0 N–H and O–H groups in total. The summed E-state index contributed by atoms with van der Waals surface area (Å²) in [7, 11) is 0. The van der Waals surface area contributed by atoms with Crippen molar-refractivity contribution in [3.8, 4) is 16.8 Å². The average molecular weight is 534 g/mol. The number of fused-ring (bicyclic) bond motifs is 1. The lowest BCUT2D eigenvalue weighted by molar-refractivity contribution is -0.137. The molecule has 1 fully saturated rings. The highest BCUT2D eigenvalue weighted by atomic mass is 35.5. The summed E-state index contributed by atoms with van der Waals surface area (Å²) in [6.07, 6.45) is -1.10. The Balaban J connectivity index is 1.44. The molecule has 1 aliphatic rings. The van der Waals surface area contributed by atoms with Gasteiger partial charge in [0, 0.05) is 43.6 Å². The van der Waals surface area contributed by atoms with Gasteiger partial charge in [-0.3, -0.25) is 0 Å². The van der Waals surface area contributed by atoms with Crippen molar-refractivity contribution in [3.63, 3.8) is 0 Å². The third-order valence-corrected chi connectivity index (χ3v) is 7.19. The molecule has 38 heavy (non-hydrogen) atoms. The molecule has 6 rings (SSSR count). The minimum atomic E-state index is -4.44. The molecule has 0 bridgehead atoms. The van der Waals surface area contributed by atoms with Crippen molar-refractivity contribution in [1.29, 1.82) is 0 Å². The summed E-state index contributed by atoms with van der Waals surface area (Å²) < 4.78 is 42.2. The SMILES string of the molecule is FC(F)(F)c1cccc(-n2cc(-c3ccccc3)c3c(N4CCN(c5ccccc5Cl)CC4)ncnc32)c1. The summed E-state index contributed by atoms with van der Waals surface area (Å²) in [5.41, 5.74) is 3.04. The highest BCUT2D eigenvalue weighted by molar-refractivity contribution is 6.33. The molecule has 192 valence electrons. The average Bonchev–Trinajstić information content (AvgIpc) is 3.34. The maximum Gasteiger partial charge on any atom is 0.416 e. The zero-order valence-corrected chi connectivity index (χ0v) is 21.0. The Morgan fingerprint density at radius 2 is 1.47 bits per heavy atom. The Labute approximate surface area is 222 Å². The normalized spacial score (nSPS) is 14.3. The monoisotopic (exact) mass is 533 g/mol. The van der Waals surface area contributed by atoms with Crippen molar-refractivity contribution in [2.75, 3.05) is 36.0 Å². The fourth-order valence-electron chi connectivity index (χ4n) is 5.02. The second-order valence-corrected chi connectivity index (χ2v) is 9.56. The molecule has 3 heterocycles. The third-order valence-electron chi connectivity index (χ3n) is 6.87. The van der Waals surface area contributed by atoms with E-state index in [1.54, 1.807) is 10.6 Å². The number of piperazine rings is 1. The van der Waals surface area contributed by atoms with Gasteiger partial charge in [-0.1, -0.05) is 60.1 Å². The highest BCUT2D eigenvalue weighted by Gasteiger charge is 2.31. The predicted molar refractivity (Wildman–Crippen MR) is 145 cm³/mol. The maximum atomic E-state index is 13.5. The summed E-state index contributed by atoms with van der Waals surface area (Å²) in [4.78, 5) is 13.7. The molecule has 2 aromatic heterocycles. The lowest BCUT2D eigenvalue weighted by Crippen LogP contribution is -2.47. The van der Waals surface area contributed by atoms with Crippen LogP contribution in [0.15, 0.2) is 91.4 Å². The number of benzene rings is 3. The van der Waals surface area contributed by atoms with Crippen molar-refractivity contribution in [2.24, 2.45) is 0 Å². The van der Waals surface area contributed by atoms with Crippen LogP contribution in [0.2, 0.25) is 5.02 Å². The molecule has 0 amide bonds. The Hall–Kier alpha value is -4.04. The molecule has 5 aromatic rings. The molecule has 0 aliphatic carbocycles. The molecule has 0 unspecified atom stereocenters. The van der Waals surface area contributed by atoms with Crippen LogP contribution in [0.25, 0.3) is 27.8 Å². The first-order chi connectivity index (χ1) is 18.4. The van der Waals surface area contributed by atoms with Crippen LogP contribution in [-0.2, 0) is 6.18 Å². The van der Waals surface area contributed by atoms with Crippen LogP contribution in [0.5, 0.6) is 0 Å². The molecular formula is C29H23ClF3N5. The quantitative estimate of drug-likeness (QED) is 0.247. The van der Waals surface area contributed by atoms with Crippen LogP contribution in [-0.4, -0.2) is 40.7 Å². The number of alkyl halides is 3. The first-order valence-electron chi connectivity index (χ1n) is 12.2. The molecule has 1 saturated heterocycles. The van der Waals surface area contributed by atoms with Crippen LogP contribution >= 0.6 is 11.6 Å². The summed E-state index contributed by atoms with van der Waals surface area (Å²) in [5.74, 6) is 0.762. The Kier molecular flexibility index (Phi) is 6.19. The molecule has 0 saturated carbocycles. The number of para-hydroxylation sites is 1. The Morgan fingerprint density at radius 1 is 0.763 bits per heavy atom. The Morgan fingerprint density at radius 3 is 2.21 bits per heavy atom. The number of nitrogens with zero attached hydrogens (tertiary/aromatic N) is 5. The minimum absolute atomic E-state index is 0.389. The van der Waals surface area contributed by atoms with Crippen molar-refractivity contribution >= 4 is 34.1 Å². The van der Waals surface area contributed by atoms with E-state index in [2.05, 4.69) is 19.8 Å². The topological polar surface area (TPSA) is 37.2 Å². The van der Waals surface area contributed by atoms with E-state index in [1.807, 2.05) is 60.8 Å². The third kappa shape index (κ3) is 4.45. The van der Waals surface area contributed by atoms with E-state index in [1.165, 1.54) is 12.4 Å². The largest absolute Gasteiger partial charge is 0.416 e. The van der Waals surface area contributed by atoms with E-state index in [4.69, 9.17) is 11.6 Å². The van der Waals surface area contributed by atoms with Gasteiger partial charge in [0.05, 0.1) is 21.7 Å². The van der Waals surface area contributed by atoms with Gasteiger partial charge in [-0.15, -0.1) is 0 Å². The number of aromatic nitrogens is 3. The summed E-state index contributed by atoms with van der Waals surface area (Å²) in [6.45, 7) is 2.93. The number of anilines is 2.